The van der Waals surface area contributed by atoms with E-state index in [1.54, 1.807) is 12.3 Å². The Morgan fingerprint density at radius 1 is 1.38 bits per heavy atom. The first-order valence-corrected chi connectivity index (χ1v) is 4.06. The van der Waals surface area contributed by atoms with E-state index in [1.807, 2.05) is 6.07 Å². The lowest BCUT2D eigenvalue weighted by Crippen LogP contribution is -2.11. The number of ether oxygens (including phenoxy) is 1. The number of nitrogens with two attached hydrogens (primary N) is 1. The van der Waals surface area contributed by atoms with Crippen molar-refractivity contribution in [2.24, 2.45) is 5.73 Å². The summed E-state index contributed by atoms with van der Waals surface area (Å²) in [4.78, 5) is 3.99. The Morgan fingerprint density at radius 3 is 2.54 bits per heavy atom. The molecular formula is C7H11BrCl2N2O. The van der Waals surface area contributed by atoms with Gasteiger partial charge in [0.1, 0.15) is 6.61 Å². The van der Waals surface area contributed by atoms with Crippen LogP contribution in [0.1, 0.15) is 0 Å². The van der Waals surface area contributed by atoms with Gasteiger partial charge in [0.15, 0.2) is 0 Å². The maximum atomic E-state index is 5.24. The molecule has 0 aromatic carbocycles. The molecule has 0 spiro atoms. The molecule has 0 amide bonds. The van der Waals surface area contributed by atoms with Gasteiger partial charge in [-0.15, -0.1) is 24.8 Å². The van der Waals surface area contributed by atoms with Crippen molar-refractivity contribution < 1.29 is 4.74 Å². The second-order valence-electron chi connectivity index (χ2n) is 1.95. The number of hydrogen-bond acceptors (Lipinski definition) is 3. The van der Waals surface area contributed by atoms with Crippen LogP contribution < -0.4 is 10.5 Å². The molecule has 1 aromatic heterocycles. The zero-order valence-electron chi connectivity index (χ0n) is 6.77. The zero-order valence-corrected chi connectivity index (χ0v) is 9.99. The zero-order chi connectivity index (χ0) is 8.10. The van der Waals surface area contributed by atoms with Gasteiger partial charge in [0.05, 0.1) is 0 Å². The molecule has 0 radical (unpaired) electrons. The maximum absolute atomic E-state index is 5.24. The summed E-state index contributed by atoms with van der Waals surface area (Å²) in [7, 11) is 0. The molecule has 0 aliphatic heterocycles. The Morgan fingerprint density at radius 2 is 2.08 bits per heavy atom. The third-order valence-corrected chi connectivity index (χ3v) is 1.54. The van der Waals surface area contributed by atoms with Crippen LogP contribution in [0.2, 0.25) is 0 Å². The maximum Gasteiger partial charge on any atom is 0.213 e. The van der Waals surface area contributed by atoms with Gasteiger partial charge < -0.3 is 10.5 Å². The Bertz CT molecular complexity index is 220. The fourth-order valence-electron chi connectivity index (χ4n) is 0.611. The summed E-state index contributed by atoms with van der Waals surface area (Å²) < 4.78 is 6.10. The Balaban J connectivity index is 0. The van der Waals surface area contributed by atoms with Crippen molar-refractivity contribution in [3.05, 3.63) is 22.8 Å². The van der Waals surface area contributed by atoms with Gasteiger partial charge in [-0.25, -0.2) is 4.98 Å². The highest BCUT2D eigenvalue weighted by Crippen LogP contribution is 2.11. The summed E-state index contributed by atoms with van der Waals surface area (Å²) in [5.41, 5.74) is 5.24. The van der Waals surface area contributed by atoms with Crippen LogP contribution in [0.25, 0.3) is 0 Å². The third kappa shape index (κ3) is 6.10. The van der Waals surface area contributed by atoms with Crippen molar-refractivity contribution in [1.82, 2.24) is 4.98 Å². The minimum atomic E-state index is 0. The SMILES string of the molecule is Cl.Cl.NCCOc1ccc(Br)cn1. The van der Waals surface area contributed by atoms with E-state index in [9.17, 15) is 0 Å². The third-order valence-electron chi connectivity index (χ3n) is 1.07. The number of nitrogens with zero attached hydrogens (tertiary/aromatic N) is 1. The summed E-state index contributed by atoms with van der Waals surface area (Å²) in [6, 6.07) is 3.67. The van der Waals surface area contributed by atoms with Crippen molar-refractivity contribution in [2.45, 2.75) is 0 Å². The lowest BCUT2D eigenvalue weighted by atomic mass is 10.5. The van der Waals surface area contributed by atoms with Crippen molar-refractivity contribution in [3.63, 3.8) is 0 Å². The number of pyridine rings is 1. The molecule has 0 atom stereocenters. The van der Waals surface area contributed by atoms with Gasteiger partial charge in [-0.1, -0.05) is 0 Å². The van der Waals surface area contributed by atoms with Gasteiger partial charge in [-0.3, -0.25) is 0 Å². The van der Waals surface area contributed by atoms with Gasteiger partial charge in [-0.2, -0.15) is 0 Å². The van der Waals surface area contributed by atoms with Gasteiger partial charge in [-0.05, 0) is 22.0 Å². The van der Waals surface area contributed by atoms with E-state index in [0.717, 1.165) is 4.47 Å². The van der Waals surface area contributed by atoms with E-state index in [1.165, 1.54) is 0 Å². The minimum absolute atomic E-state index is 0. The van der Waals surface area contributed by atoms with Crippen LogP contribution in [-0.2, 0) is 0 Å². The predicted molar refractivity (Wildman–Crippen MR) is 61.0 cm³/mol. The molecule has 1 heterocycles. The molecule has 3 nitrogen and oxygen atoms in total. The quantitative estimate of drug-likeness (QED) is 0.926. The fraction of sp³-hybridized carbons (Fsp3) is 0.286. The smallest absolute Gasteiger partial charge is 0.213 e. The second-order valence-corrected chi connectivity index (χ2v) is 2.87. The summed E-state index contributed by atoms with van der Waals surface area (Å²) in [5.74, 6) is 0.610. The Hall–Kier alpha value is -0.0300. The summed E-state index contributed by atoms with van der Waals surface area (Å²) in [6.45, 7) is 1.02. The number of halogens is 3. The van der Waals surface area contributed by atoms with Crippen molar-refractivity contribution in [2.75, 3.05) is 13.2 Å². The predicted octanol–water partition coefficient (Wildman–Crippen LogP) is 2.03. The fourth-order valence-corrected chi connectivity index (χ4v) is 0.846. The molecule has 0 fully saturated rings. The van der Waals surface area contributed by atoms with Gasteiger partial charge in [0.25, 0.3) is 0 Å². The van der Waals surface area contributed by atoms with E-state index in [-0.39, 0.29) is 24.8 Å². The molecule has 76 valence electrons. The standard InChI is InChI=1S/C7H9BrN2O.2ClH/c8-6-1-2-7(10-5-6)11-4-3-9;;/h1-2,5H,3-4,9H2;2*1H. The Kier molecular flexibility index (Phi) is 10.2. The van der Waals surface area contributed by atoms with Gasteiger partial charge in [0, 0.05) is 23.3 Å². The molecule has 13 heavy (non-hydrogen) atoms. The average molecular weight is 290 g/mol. The highest BCUT2D eigenvalue weighted by atomic mass is 79.9. The lowest BCUT2D eigenvalue weighted by Gasteiger charge is -2.01. The van der Waals surface area contributed by atoms with Gasteiger partial charge in [0.2, 0.25) is 5.88 Å². The van der Waals surface area contributed by atoms with E-state index in [4.69, 9.17) is 10.5 Å². The summed E-state index contributed by atoms with van der Waals surface area (Å²) in [6.07, 6.45) is 1.69. The van der Waals surface area contributed by atoms with E-state index in [0.29, 0.717) is 19.0 Å². The summed E-state index contributed by atoms with van der Waals surface area (Å²) >= 11 is 3.27. The molecule has 6 heteroatoms. The van der Waals surface area contributed by atoms with Crippen LogP contribution in [0.5, 0.6) is 5.88 Å². The molecular weight excluding hydrogens is 279 g/mol. The van der Waals surface area contributed by atoms with Crippen molar-refractivity contribution in [1.29, 1.82) is 0 Å². The number of rotatable bonds is 3. The second kappa shape index (κ2) is 8.56. The minimum Gasteiger partial charge on any atom is -0.476 e. The van der Waals surface area contributed by atoms with E-state index in [2.05, 4.69) is 20.9 Å². The summed E-state index contributed by atoms with van der Waals surface area (Å²) in [5, 5.41) is 0. The van der Waals surface area contributed by atoms with Crippen LogP contribution >= 0.6 is 40.7 Å². The molecule has 0 saturated carbocycles. The topological polar surface area (TPSA) is 48.1 Å². The first-order valence-electron chi connectivity index (χ1n) is 3.27. The average Bonchev–Trinajstić information content (AvgIpc) is 2.04. The van der Waals surface area contributed by atoms with Crippen LogP contribution in [0.4, 0.5) is 0 Å². The van der Waals surface area contributed by atoms with E-state index >= 15 is 0 Å². The number of hydrogen-bond donors (Lipinski definition) is 1. The number of aromatic nitrogens is 1. The highest BCUT2D eigenvalue weighted by Gasteiger charge is 1.92. The first kappa shape index (κ1) is 15.4. The van der Waals surface area contributed by atoms with Gasteiger partial charge >= 0.3 is 0 Å². The largest absolute Gasteiger partial charge is 0.476 e. The van der Waals surface area contributed by atoms with E-state index < -0.39 is 0 Å². The van der Waals surface area contributed by atoms with Crippen LogP contribution in [-0.4, -0.2) is 18.1 Å². The normalized spacial score (nSPS) is 8.15. The molecule has 0 bridgehead atoms. The van der Waals surface area contributed by atoms with Crippen LogP contribution in [0.15, 0.2) is 22.8 Å². The molecule has 0 unspecified atom stereocenters. The molecule has 0 aliphatic carbocycles. The first-order chi connectivity index (χ1) is 5.33. The monoisotopic (exact) mass is 288 g/mol. The van der Waals surface area contributed by atoms with Crippen LogP contribution in [0, 0.1) is 0 Å². The van der Waals surface area contributed by atoms with Crippen molar-refractivity contribution >= 4 is 40.7 Å². The molecule has 0 aliphatic rings. The molecule has 1 aromatic rings. The Labute approximate surface area is 98.0 Å². The molecule has 1 rings (SSSR count). The molecule has 2 N–H and O–H groups in total. The van der Waals surface area contributed by atoms with Crippen molar-refractivity contribution in [3.8, 4) is 5.88 Å². The highest BCUT2D eigenvalue weighted by molar-refractivity contribution is 9.10. The van der Waals surface area contributed by atoms with Crippen LogP contribution in [0.3, 0.4) is 0 Å². The molecule has 0 saturated heterocycles. The lowest BCUT2D eigenvalue weighted by molar-refractivity contribution is 0.315.